The SMILES string of the molecule is CN(C)Cc1c(N)cc(C(=O)O)cc1Br. The smallest absolute Gasteiger partial charge is 0.335 e. The van der Waals surface area contributed by atoms with Crippen molar-refractivity contribution in [1.29, 1.82) is 0 Å². The van der Waals surface area contributed by atoms with E-state index in [-0.39, 0.29) is 5.56 Å². The molecule has 0 aliphatic carbocycles. The lowest BCUT2D eigenvalue weighted by Gasteiger charge is -2.14. The Morgan fingerprint density at radius 2 is 2.13 bits per heavy atom. The summed E-state index contributed by atoms with van der Waals surface area (Å²) in [5.74, 6) is -0.973. The van der Waals surface area contributed by atoms with Gasteiger partial charge in [-0.3, -0.25) is 0 Å². The van der Waals surface area contributed by atoms with E-state index in [0.29, 0.717) is 12.2 Å². The van der Waals surface area contributed by atoms with Gasteiger partial charge in [0.1, 0.15) is 0 Å². The van der Waals surface area contributed by atoms with E-state index in [1.165, 1.54) is 6.07 Å². The lowest BCUT2D eigenvalue weighted by molar-refractivity contribution is 0.0697. The molecule has 4 nitrogen and oxygen atoms in total. The van der Waals surface area contributed by atoms with E-state index in [0.717, 1.165) is 10.0 Å². The van der Waals surface area contributed by atoms with Crippen LogP contribution in [0.2, 0.25) is 0 Å². The molecule has 0 atom stereocenters. The molecule has 0 radical (unpaired) electrons. The number of benzene rings is 1. The summed E-state index contributed by atoms with van der Waals surface area (Å²) in [7, 11) is 3.86. The third-order valence-electron chi connectivity index (χ3n) is 1.95. The van der Waals surface area contributed by atoms with Crippen LogP contribution >= 0.6 is 15.9 Å². The van der Waals surface area contributed by atoms with E-state index in [2.05, 4.69) is 15.9 Å². The molecule has 5 heteroatoms. The van der Waals surface area contributed by atoms with Crippen LogP contribution in [0.15, 0.2) is 16.6 Å². The first-order chi connectivity index (χ1) is 6.91. The molecular weight excluding hydrogens is 260 g/mol. The molecule has 0 unspecified atom stereocenters. The molecule has 1 aromatic carbocycles. The first-order valence-corrected chi connectivity index (χ1v) is 5.17. The maximum absolute atomic E-state index is 10.8. The Labute approximate surface area is 96.8 Å². The number of halogens is 1. The van der Waals surface area contributed by atoms with Gasteiger partial charge < -0.3 is 15.7 Å². The number of anilines is 1. The zero-order valence-corrected chi connectivity index (χ0v) is 10.2. The number of hydrogen-bond acceptors (Lipinski definition) is 3. The molecule has 0 bridgehead atoms. The van der Waals surface area contributed by atoms with E-state index in [4.69, 9.17) is 10.8 Å². The van der Waals surface area contributed by atoms with Crippen molar-refractivity contribution in [2.75, 3.05) is 19.8 Å². The topological polar surface area (TPSA) is 66.6 Å². The highest BCUT2D eigenvalue weighted by atomic mass is 79.9. The van der Waals surface area contributed by atoms with Crippen LogP contribution in [-0.4, -0.2) is 30.1 Å². The second kappa shape index (κ2) is 4.63. The number of nitrogens with two attached hydrogens (primary N) is 1. The minimum Gasteiger partial charge on any atom is -0.478 e. The van der Waals surface area contributed by atoms with E-state index in [1.807, 2.05) is 19.0 Å². The summed E-state index contributed by atoms with van der Waals surface area (Å²) in [6, 6.07) is 3.05. The fourth-order valence-corrected chi connectivity index (χ4v) is 1.87. The molecule has 0 spiro atoms. The number of carboxylic acids is 1. The number of carboxylic acid groups (broad SMARTS) is 1. The summed E-state index contributed by atoms with van der Waals surface area (Å²) in [4.78, 5) is 12.7. The monoisotopic (exact) mass is 272 g/mol. The van der Waals surface area contributed by atoms with Crippen molar-refractivity contribution in [2.45, 2.75) is 6.54 Å². The van der Waals surface area contributed by atoms with Gasteiger partial charge in [0.05, 0.1) is 5.56 Å². The molecular formula is C10H13BrN2O2. The van der Waals surface area contributed by atoms with Crippen LogP contribution in [0, 0.1) is 0 Å². The highest BCUT2D eigenvalue weighted by Crippen LogP contribution is 2.26. The summed E-state index contributed by atoms with van der Waals surface area (Å²) in [5, 5.41) is 8.82. The van der Waals surface area contributed by atoms with Crippen molar-refractivity contribution in [1.82, 2.24) is 4.90 Å². The number of nitrogen functional groups attached to an aromatic ring is 1. The fourth-order valence-electron chi connectivity index (χ4n) is 1.26. The van der Waals surface area contributed by atoms with E-state index in [9.17, 15) is 4.79 Å². The molecule has 15 heavy (non-hydrogen) atoms. The molecule has 82 valence electrons. The van der Waals surface area contributed by atoms with Gasteiger partial charge in [0.25, 0.3) is 0 Å². The molecule has 0 aliphatic heterocycles. The summed E-state index contributed by atoms with van der Waals surface area (Å²) in [6.45, 7) is 0.673. The van der Waals surface area contributed by atoms with E-state index < -0.39 is 5.97 Å². The van der Waals surface area contributed by atoms with E-state index >= 15 is 0 Å². The van der Waals surface area contributed by atoms with Crippen LogP contribution in [0.1, 0.15) is 15.9 Å². The predicted octanol–water partition coefficient (Wildman–Crippen LogP) is 1.79. The Morgan fingerprint density at radius 1 is 1.53 bits per heavy atom. The highest BCUT2D eigenvalue weighted by Gasteiger charge is 2.11. The highest BCUT2D eigenvalue weighted by molar-refractivity contribution is 9.10. The van der Waals surface area contributed by atoms with Gasteiger partial charge in [0.15, 0.2) is 0 Å². The molecule has 0 aliphatic rings. The molecule has 0 heterocycles. The second-order valence-corrected chi connectivity index (χ2v) is 4.42. The minimum absolute atomic E-state index is 0.196. The molecule has 1 rings (SSSR count). The van der Waals surface area contributed by atoms with Gasteiger partial charge in [-0.05, 0) is 26.2 Å². The lowest BCUT2D eigenvalue weighted by Crippen LogP contribution is -2.13. The summed E-state index contributed by atoms with van der Waals surface area (Å²) >= 11 is 3.32. The van der Waals surface area contributed by atoms with Gasteiger partial charge in [-0.15, -0.1) is 0 Å². The molecule has 0 saturated heterocycles. The third-order valence-corrected chi connectivity index (χ3v) is 2.66. The number of hydrogen-bond donors (Lipinski definition) is 2. The molecule has 0 fully saturated rings. The summed E-state index contributed by atoms with van der Waals surface area (Å²) in [5.41, 5.74) is 7.39. The molecule has 0 saturated carbocycles. The van der Waals surface area contributed by atoms with Crippen molar-refractivity contribution in [3.63, 3.8) is 0 Å². The maximum atomic E-state index is 10.8. The van der Waals surface area contributed by atoms with Crippen molar-refractivity contribution >= 4 is 27.6 Å². The number of carbonyl (C=O) groups is 1. The van der Waals surface area contributed by atoms with Crippen LogP contribution in [0.4, 0.5) is 5.69 Å². The van der Waals surface area contributed by atoms with Gasteiger partial charge in [0.2, 0.25) is 0 Å². The Hall–Kier alpha value is -1.07. The summed E-state index contributed by atoms with van der Waals surface area (Å²) in [6.07, 6.45) is 0. The minimum atomic E-state index is -0.973. The standard InChI is InChI=1S/C10H13BrN2O2/c1-13(2)5-7-8(11)3-6(10(14)15)4-9(7)12/h3-4H,5,12H2,1-2H3,(H,14,15). The van der Waals surface area contributed by atoms with Gasteiger partial charge in [-0.1, -0.05) is 15.9 Å². The second-order valence-electron chi connectivity index (χ2n) is 3.57. The van der Waals surface area contributed by atoms with E-state index in [1.54, 1.807) is 6.07 Å². The quantitative estimate of drug-likeness (QED) is 0.824. The van der Waals surface area contributed by atoms with Crippen molar-refractivity contribution in [2.24, 2.45) is 0 Å². The van der Waals surface area contributed by atoms with Gasteiger partial charge in [-0.25, -0.2) is 4.79 Å². The summed E-state index contributed by atoms with van der Waals surface area (Å²) < 4.78 is 0.730. The number of nitrogens with zero attached hydrogens (tertiary/aromatic N) is 1. The first kappa shape index (κ1) is 12.0. The zero-order valence-electron chi connectivity index (χ0n) is 8.62. The van der Waals surface area contributed by atoms with Gasteiger partial charge in [0, 0.05) is 22.3 Å². The van der Waals surface area contributed by atoms with Gasteiger partial charge >= 0.3 is 5.97 Å². The molecule has 3 N–H and O–H groups in total. The Balaban J connectivity index is 3.15. The molecule has 0 aromatic heterocycles. The maximum Gasteiger partial charge on any atom is 0.335 e. The van der Waals surface area contributed by atoms with Crippen molar-refractivity contribution < 1.29 is 9.90 Å². The molecule has 1 aromatic rings. The third kappa shape index (κ3) is 2.94. The van der Waals surface area contributed by atoms with Crippen molar-refractivity contribution in [3.05, 3.63) is 27.7 Å². The Kier molecular flexibility index (Phi) is 3.71. The predicted molar refractivity (Wildman–Crippen MR) is 62.9 cm³/mol. The van der Waals surface area contributed by atoms with Crippen LogP contribution in [-0.2, 0) is 6.54 Å². The fraction of sp³-hybridized carbons (Fsp3) is 0.300. The first-order valence-electron chi connectivity index (χ1n) is 4.37. The number of aromatic carboxylic acids is 1. The van der Waals surface area contributed by atoms with Crippen LogP contribution < -0.4 is 5.73 Å². The largest absolute Gasteiger partial charge is 0.478 e. The average Bonchev–Trinajstić information content (AvgIpc) is 2.10. The van der Waals surface area contributed by atoms with Crippen LogP contribution in [0.5, 0.6) is 0 Å². The zero-order chi connectivity index (χ0) is 11.6. The van der Waals surface area contributed by atoms with Crippen LogP contribution in [0.25, 0.3) is 0 Å². The van der Waals surface area contributed by atoms with Crippen molar-refractivity contribution in [3.8, 4) is 0 Å². The lowest BCUT2D eigenvalue weighted by atomic mass is 10.1. The average molecular weight is 273 g/mol. The molecule has 0 amide bonds. The Morgan fingerprint density at radius 3 is 2.53 bits per heavy atom. The van der Waals surface area contributed by atoms with Gasteiger partial charge in [-0.2, -0.15) is 0 Å². The number of rotatable bonds is 3. The van der Waals surface area contributed by atoms with Crippen LogP contribution in [0.3, 0.4) is 0 Å². The Bertz CT molecular complexity index is 368. The normalized spacial score (nSPS) is 10.7.